The quantitative estimate of drug-likeness (QED) is 0.888. The van der Waals surface area contributed by atoms with Crippen LogP contribution in [0.15, 0.2) is 18.2 Å². The second kappa shape index (κ2) is 7.65. The molecule has 0 saturated carbocycles. The van der Waals surface area contributed by atoms with E-state index in [9.17, 15) is 4.79 Å². The Bertz CT molecular complexity index is 559. The van der Waals surface area contributed by atoms with Crippen LogP contribution >= 0.6 is 35.3 Å². The molecule has 0 radical (unpaired) electrons. The molecule has 19 heavy (non-hydrogen) atoms. The summed E-state index contributed by atoms with van der Waals surface area (Å²) in [5.74, 6) is 0.00153. The number of aromatic nitrogens is 1. The van der Waals surface area contributed by atoms with E-state index in [4.69, 9.17) is 11.6 Å². The van der Waals surface area contributed by atoms with Gasteiger partial charge in [0.05, 0.1) is 21.8 Å². The van der Waals surface area contributed by atoms with Gasteiger partial charge in [0.15, 0.2) is 0 Å². The van der Waals surface area contributed by atoms with Crippen LogP contribution < -0.4 is 10.6 Å². The zero-order chi connectivity index (χ0) is 13.0. The van der Waals surface area contributed by atoms with E-state index in [0.29, 0.717) is 18.1 Å². The van der Waals surface area contributed by atoms with Gasteiger partial charge in [-0.3, -0.25) is 4.79 Å². The van der Waals surface area contributed by atoms with Crippen molar-refractivity contribution in [3.63, 3.8) is 0 Å². The first-order valence-electron chi connectivity index (χ1n) is 5.65. The number of nitrogens with one attached hydrogen (secondary N) is 2. The summed E-state index contributed by atoms with van der Waals surface area (Å²) < 4.78 is 1.12. The normalized spacial score (nSPS) is 10.2. The van der Waals surface area contributed by atoms with Crippen molar-refractivity contribution in [2.24, 2.45) is 0 Å². The summed E-state index contributed by atoms with van der Waals surface area (Å²) in [6.45, 7) is 0.948. The Morgan fingerprint density at radius 3 is 3.00 bits per heavy atom. The van der Waals surface area contributed by atoms with E-state index in [1.807, 2.05) is 18.2 Å². The number of hydrogen-bond donors (Lipinski definition) is 2. The van der Waals surface area contributed by atoms with E-state index in [-0.39, 0.29) is 18.3 Å². The molecule has 0 bridgehead atoms. The van der Waals surface area contributed by atoms with E-state index >= 15 is 0 Å². The molecular formula is C12H15Cl2N3OS. The highest BCUT2D eigenvalue weighted by atomic mass is 35.5. The van der Waals surface area contributed by atoms with Crippen LogP contribution in [0, 0.1) is 0 Å². The van der Waals surface area contributed by atoms with Gasteiger partial charge in [-0.1, -0.05) is 11.6 Å². The lowest BCUT2D eigenvalue weighted by Gasteiger charge is -2.02. The van der Waals surface area contributed by atoms with E-state index in [2.05, 4.69) is 15.6 Å². The summed E-state index contributed by atoms with van der Waals surface area (Å²) in [5, 5.41) is 7.34. The van der Waals surface area contributed by atoms with Crippen LogP contribution in [0.2, 0.25) is 5.02 Å². The summed E-state index contributed by atoms with van der Waals surface area (Å²) >= 11 is 7.54. The monoisotopic (exact) mass is 319 g/mol. The van der Waals surface area contributed by atoms with Crippen LogP contribution in [0.4, 0.5) is 0 Å². The van der Waals surface area contributed by atoms with Crippen LogP contribution in [0.1, 0.15) is 5.01 Å². The molecule has 1 heterocycles. The number of thiazole rings is 1. The molecule has 2 rings (SSSR count). The minimum absolute atomic E-state index is 0. The summed E-state index contributed by atoms with van der Waals surface area (Å²) in [6.07, 6.45) is 0.742. The maximum Gasteiger partial charge on any atom is 0.233 e. The molecular weight excluding hydrogens is 305 g/mol. The van der Waals surface area contributed by atoms with Crippen LogP contribution in [-0.2, 0) is 11.2 Å². The Balaban J connectivity index is 0.00000180. The number of fused-ring (bicyclic) bond motifs is 1. The summed E-state index contributed by atoms with van der Waals surface area (Å²) in [7, 11) is 1.75. The molecule has 0 saturated heterocycles. The smallest absolute Gasteiger partial charge is 0.233 e. The van der Waals surface area contributed by atoms with Crippen LogP contribution in [0.3, 0.4) is 0 Å². The van der Waals surface area contributed by atoms with Crippen molar-refractivity contribution in [1.82, 2.24) is 15.6 Å². The van der Waals surface area contributed by atoms with Gasteiger partial charge in [0.1, 0.15) is 0 Å². The molecule has 0 aliphatic carbocycles. The van der Waals surface area contributed by atoms with Crippen LogP contribution in [0.5, 0.6) is 0 Å². The molecule has 0 spiro atoms. The minimum atomic E-state index is 0. The van der Waals surface area contributed by atoms with Crippen molar-refractivity contribution in [3.05, 3.63) is 28.2 Å². The molecule has 0 aliphatic rings. The van der Waals surface area contributed by atoms with Gasteiger partial charge < -0.3 is 10.6 Å². The van der Waals surface area contributed by atoms with Gasteiger partial charge in [-0.2, -0.15) is 0 Å². The highest BCUT2D eigenvalue weighted by molar-refractivity contribution is 7.18. The maximum atomic E-state index is 11.2. The number of likely N-dealkylation sites (N-methyl/N-ethyl adjacent to an activating group) is 1. The molecule has 1 aromatic carbocycles. The fourth-order valence-corrected chi connectivity index (χ4v) is 2.70. The number of nitrogens with zero attached hydrogens (tertiary/aromatic N) is 1. The van der Waals surface area contributed by atoms with Crippen molar-refractivity contribution in [3.8, 4) is 0 Å². The predicted molar refractivity (Wildman–Crippen MR) is 82.5 cm³/mol. The van der Waals surface area contributed by atoms with Crippen molar-refractivity contribution >= 4 is 51.5 Å². The standard InChI is InChI=1S/C12H14ClN3OS.ClH/c1-14-7-11(17)15-5-4-12-16-9-6-8(13)2-3-10(9)18-12;/h2-3,6,14H,4-5,7H2,1H3,(H,15,17);1H. The first-order chi connectivity index (χ1) is 8.69. The second-order valence-electron chi connectivity index (χ2n) is 3.85. The zero-order valence-corrected chi connectivity index (χ0v) is 12.8. The number of rotatable bonds is 5. The SMILES string of the molecule is CNCC(=O)NCCc1nc2cc(Cl)ccc2s1.Cl. The highest BCUT2D eigenvalue weighted by Crippen LogP contribution is 2.24. The van der Waals surface area contributed by atoms with Gasteiger partial charge >= 0.3 is 0 Å². The van der Waals surface area contributed by atoms with E-state index < -0.39 is 0 Å². The molecule has 2 aromatic rings. The number of amides is 1. The van der Waals surface area contributed by atoms with Gasteiger partial charge in [0, 0.05) is 18.0 Å². The summed E-state index contributed by atoms with van der Waals surface area (Å²) in [6, 6.07) is 5.69. The topological polar surface area (TPSA) is 54.0 Å². The fourth-order valence-electron chi connectivity index (χ4n) is 1.59. The van der Waals surface area contributed by atoms with Gasteiger partial charge in [-0.05, 0) is 25.2 Å². The van der Waals surface area contributed by atoms with Crippen LogP contribution in [0.25, 0.3) is 10.2 Å². The highest BCUT2D eigenvalue weighted by Gasteiger charge is 2.05. The van der Waals surface area contributed by atoms with Crippen molar-refractivity contribution in [2.75, 3.05) is 20.1 Å². The third-order valence-electron chi connectivity index (χ3n) is 2.39. The van der Waals surface area contributed by atoms with E-state index in [1.165, 1.54) is 0 Å². The number of carbonyl (C=O) groups is 1. The molecule has 1 amide bonds. The van der Waals surface area contributed by atoms with Crippen molar-refractivity contribution < 1.29 is 4.79 Å². The molecule has 4 nitrogen and oxygen atoms in total. The Labute approximate surface area is 127 Å². The van der Waals surface area contributed by atoms with E-state index in [1.54, 1.807) is 18.4 Å². The molecule has 0 fully saturated rings. The average molecular weight is 320 g/mol. The summed E-state index contributed by atoms with van der Waals surface area (Å²) in [4.78, 5) is 15.7. The predicted octanol–water partition coefficient (Wildman–Crippen LogP) is 2.25. The van der Waals surface area contributed by atoms with Crippen molar-refractivity contribution in [1.29, 1.82) is 0 Å². The Hall–Kier alpha value is -0.880. The zero-order valence-electron chi connectivity index (χ0n) is 10.4. The average Bonchev–Trinajstić information content (AvgIpc) is 2.71. The third kappa shape index (κ3) is 4.62. The van der Waals surface area contributed by atoms with E-state index in [0.717, 1.165) is 21.6 Å². The largest absolute Gasteiger partial charge is 0.355 e. The van der Waals surface area contributed by atoms with Gasteiger partial charge in [-0.15, -0.1) is 23.7 Å². The van der Waals surface area contributed by atoms with Crippen molar-refractivity contribution in [2.45, 2.75) is 6.42 Å². The lowest BCUT2D eigenvalue weighted by Crippen LogP contribution is -2.33. The number of benzene rings is 1. The Morgan fingerprint density at radius 2 is 2.26 bits per heavy atom. The minimum Gasteiger partial charge on any atom is -0.355 e. The molecule has 1 aromatic heterocycles. The molecule has 0 unspecified atom stereocenters. The van der Waals surface area contributed by atoms with Gasteiger partial charge in [-0.25, -0.2) is 4.98 Å². The molecule has 0 aliphatic heterocycles. The first kappa shape index (κ1) is 16.2. The number of carbonyl (C=O) groups excluding carboxylic acids is 1. The second-order valence-corrected chi connectivity index (χ2v) is 5.40. The van der Waals surface area contributed by atoms with Gasteiger partial charge in [0.25, 0.3) is 0 Å². The third-order valence-corrected chi connectivity index (χ3v) is 3.72. The maximum absolute atomic E-state index is 11.2. The molecule has 7 heteroatoms. The molecule has 2 N–H and O–H groups in total. The number of halogens is 2. The lowest BCUT2D eigenvalue weighted by atomic mass is 10.3. The molecule has 0 atom stereocenters. The number of hydrogen-bond acceptors (Lipinski definition) is 4. The molecule has 104 valence electrons. The first-order valence-corrected chi connectivity index (χ1v) is 6.85. The fraction of sp³-hybridized carbons (Fsp3) is 0.333. The Morgan fingerprint density at radius 1 is 1.47 bits per heavy atom. The van der Waals surface area contributed by atoms with Crippen LogP contribution in [-0.4, -0.2) is 31.0 Å². The summed E-state index contributed by atoms with van der Waals surface area (Å²) in [5.41, 5.74) is 0.920. The van der Waals surface area contributed by atoms with Gasteiger partial charge in [0.2, 0.25) is 5.91 Å². The lowest BCUT2D eigenvalue weighted by molar-refractivity contribution is -0.120. The Kier molecular flexibility index (Phi) is 6.51.